The van der Waals surface area contributed by atoms with Gasteiger partial charge in [-0.25, -0.2) is 0 Å². The molecule has 1 unspecified atom stereocenters. The summed E-state index contributed by atoms with van der Waals surface area (Å²) in [6.07, 6.45) is 0.148. The average Bonchev–Trinajstić information content (AvgIpc) is 3.59. The first-order chi connectivity index (χ1) is 24.4. The smallest absolute Gasteiger partial charge is 0.245 e. The second-order valence-electron chi connectivity index (χ2n) is 15.6. The molecule has 0 saturated carbocycles. The molecule has 3 N–H and O–H groups in total. The van der Waals surface area contributed by atoms with Crippen LogP contribution in [0.1, 0.15) is 92.7 Å². The molecule has 0 bridgehead atoms. The minimum Gasteiger partial charge on any atom is -0.386 e. The molecule has 4 amide bonds. The van der Waals surface area contributed by atoms with Crippen LogP contribution in [0.3, 0.4) is 0 Å². The van der Waals surface area contributed by atoms with Gasteiger partial charge in [0.05, 0.1) is 54.8 Å². The molecule has 12 nitrogen and oxygen atoms in total. The first-order valence-electron chi connectivity index (χ1n) is 19.0. The Hall–Kier alpha value is -3.06. The van der Waals surface area contributed by atoms with Crippen LogP contribution in [0.15, 0.2) is 30.3 Å². The van der Waals surface area contributed by atoms with E-state index >= 15 is 0 Å². The van der Waals surface area contributed by atoms with Crippen molar-refractivity contribution in [2.75, 3.05) is 41.9 Å². The first-order valence-corrected chi connectivity index (χ1v) is 19.0. The van der Waals surface area contributed by atoms with Crippen LogP contribution in [-0.4, -0.2) is 128 Å². The Labute approximate surface area is 313 Å². The van der Waals surface area contributed by atoms with E-state index in [2.05, 4.69) is 10.6 Å². The van der Waals surface area contributed by atoms with Crippen LogP contribution in [0.4, 0.5) is 0 Å². The number of nitrogens with one attached hydrogen (secondary N) is 2. The number of hydrogen-bond donors (Lipinski definition) is 3. The molecule has 0 spiro atoms. The number of ether oxygens (including phenoxy) is 2. The van der Waals surface area contributed by atoms with Gasteiger partial charge in [0.1, 0.15) is 6.04 Å². The molecule has 0 aromatic heterocycles. The maximum absolute atomic E-state index is 14.2. The van der Waals surface area contributed by atoms with Crippen LogP contribution in [-0.2, 0) is 28.7 Å². The summed E-state index contributed by atoms with van der Waals surface area (Å²) in [6.45, 7) is 16.0. The molecule has 1 heterocycles. The lowest BCUT2D eigenvalue weighted by Gasteiger charge is -2.41. The third kappa shape index (κ3) is 11.5. The molecule has 12 heteroatoms. The monoisotopic (exact) mass is 732 g/mol. The highest BCUT2D eigenvalue weighted by molar-refractivity contribution is 5.90. The van der Waals surface area contributed by atoms with Gasteiger partial charge in [-0.05, 0) is 57.2 Å². The summed E-state index contributed by atoms with van der Waals surface area (Å²) in [6, 6.07) is 6.72. The molecule has 1 fully saturated rings. The number of methoxy groups -OCH3 is 2. The van der Waals surface area contributed by atoms with Crippen molar-refractivity contribution >= 4 is 23.6 Å². The molecule has 10 atom stereocenters. The lowest BCUT2D eigenvalue weighted by Crippen LogP contribution is -2.59. The van der Waals surface area contributed by atoms with Crippen LogP contribution < -0.4 is 10.6 Å². The van der Waals surface area contributed by atoms with Crippen molar-refractivity contribution < 1.29 is 33.8 Å². The number of carbonyl (C=O) groups excluding carboxylic acids is 4. The van der Waals surface area contributed by atoms with Gasteiger partial charge in [-0.15, -0.1) is 0 Å². The number of aliphatic hydroxyl groups excluding tert-OH is 1. The zero-order valence-corrected chi connectivity index (χ0v) is 34.1. The quantitative estimate of drug-likeness (QED) is 0.184. The molecule has 52 heavy (non-hydrogen) atoms. The molecule has 0 aliphatic carbocycles. The number of hydrogen-bond acceptors (Lipinski definition) is 8. The number of amides is 4. The van der Waals surface area contributed by atoms with Gasteiger partial charge in [-0.1, -0.05) is 85.2 Å². The lowest BCUT2D eigenvalue weighted by atomic mass is 9.89. The molecular weight excluding hydrogens is 662 g/mol. The fraction of sp³-hybridized carbons (Fsp3) is 0.750. The van der Waals surface area contributed by atoms with E-state index < -0.39 is 48.4 Å². The largest absolute Gasteiger partial charge is 0.386 e. The van der Waals surface area contributed by atoms with E-state index in [1.54, 1.807) is 44.9 Å². The highest BCUT2D eigenvalue weighted by Crippen LogP contribution is 2.30. The van der Waals surface area contributed by atoms with Gasteiger partial charge >= 0.3 is 0 Å². The Kier molecular flexibility index (Phi) is 18.2. The van der Waals surface area contributed by atoms with Gasteiger partial charge in [0.2, 0.25) is 23.6 Å². The molecule has 296 valence electrons. The van der Waals surface area contributed by atoms with Gasteiger partial charge in [0.15, 0.2) is 0 Å². The van der Waals surface area contributed by atoms with E-state index in [1.165, 1.54) is 0 Å². The van der Waals surface area contributed by atoms with Crippen molar-refractivity contribution in [3.8, 4) is 0 Å². The summed E-state index contributed by atoms with van der Waals surface area (Å²) in [5.74, 6) is -1.57. The molecule has 1 saturated heterocycles. The van der Waals surface area contributed by atoms with Gasteiger partial charge in [-0.3, -0.25) is 24.1 Å². The Morgan fingerprint density at radius 2 is 1.52 bits per heavy atom. The Bertz CT molecular complexity index is 1270. The number of rotatable bonds is 20. The third-order valence-electron chi connectivity index (χ3n) is 10.9. The van der Waals surface area contributed by atoms with Gasteiger partial charge in [-0.2, -0.15) is 0 Å². The number of nitrogens with zero attached hydrogens (tertiary/aromatic N) is 3. The van der Waals surface area contributed by atoms with Crippen LogP contribution >= 0.6 is 0 Å². The van der Waals surface area contributed by atoms with Gasteiger partial charge in [0, 0.05) is 27.8 Å². The second kappa shape index (κ2) is 21.0. The lowest BCUT2D eigenvalue weighted by molar-refractivity contribution is -0.148. The SMILES string of the molecule is CC[C@H](C)C([C@@H](CC(=O)N1CCC[C@H]1[C@H](OC)[C@@H](C)C(=O)N[C@H](C)[C@@H](O)c1ccccc1)OC)N(C)C(=O)[C@@H](NC(=O)[C@H](C(C)C)N(C)C)C(C)C. The van der Waals surface area contributed by atoms with E-state index in [0.717, 1.165) is 12.8 Å². The number of aliphatic hydroxyl groups is 1. The Balaban J connectivity index is 2.25. The molecular formula is C40H69N5O7. The molecule has 0 radical (unpaired) electrons. The van der Waals surface area contributed by atoms with Crippen LogP contribution in [0.2, 0.25) is 0 Å². The predicted molar refractivity (Wildman–Crippen MR) is 204 cm³/mol. The van der Waals surface area contributed by atoms with E-state index in [-0.39, 0.29) is 53.8 Å². The van der Waals surface area contributed by atoms with Crippen molar-refractivity contribution in [1.29, 1.82) is 0 Å². The fourth-order valence-corrected chi connectivity index (χ4v) is 7.78. The summed E-state index contributed by atoms with van der Waals surface area (Å²) >= 11 is 0. The van der Waals surface area contributed by atoms with Crippen molar-refractivity contribution in [2.24, 2.45) is 23.7 Å². The normalized spacial score (nSPS) is 20.1. The zero-order chi connectivity index (χ0) is 39.4. The van der Waals surface area contributed by atoms with Crippen LogP contribution in [0.25, 0.3) is 0 Å². The second-order valence-corrected chi connectivity index (χ2v) is 15.6. The van der Waals surface area contributed by atoms with Gasteiger partial charge in [0.25, 0.3) is 0 Å². The van der Waals surface area contributed by atoms with Gasteiger partial charge < -0.3 is 35.0 Å². The standard InChI is InChI=1S/C40H69N5O7/c1-14-26(6)35(44(11)40(50)33(24(2)3)42-39(49)34(25(4)5)43(9)10)31(51-12)23-32(46)45-22-18-21-30(45)37(52-13)27(7)38(48)41-28(8)36(47)29-19-16-15-17-20-29/h15-17,19-20,24-28,30-31,33-37,47H,14,18,21-23H2,1-13H3,(H,41,48)(H,42,49)/t26-,27+,28+,30-,31+,33-,34-,35?,36+,37+/m0/s1. The number of likely N-dealkylation sites (tertiary alicyclic amines) is 1. The van der Waals surface area contributed by atoms with E-state index in [4.69, 9.17) is 9.47 Å². The van der Waals surface area contributed by atoms with Crippen molar-refractivity contribution in [2.45, 2.75) is 130 Å². The van der Waals surface area contributed by atoms with Crippen molar-refractivity contribution in [3.05, 3.63) is 35.9 Å². The molecule has 1 aliphatic rings. The first kappa shape index (κ1) is 45.1. The van der Waals surface area contributed by atoms with E-state index in [0.29, 0.717) is 18.5 Å². The van der Waals surface area contributed by atoms with E-state index in [9.17, 15) is 24.3 Å². The van der Waals surface area contributed by atoms with Crippen molar-refractivity contribution in [3.63, 3.8) is 0 Å². The van der Waals surface area contributed by atoms with Crippen LogP contribution in [0, 0.1) is 23.7 Å². The third-order valence-corrected chi connectivity index (χ3v) is 10.9. The molecule has 1 aromatic carbocycles. The molecule has 1 aromatic rings. The Morgan fingerprint density at radius 3 is 2.02 bits per heavy atom. The highest BCUT2D eigenvalue weighted by Gasteiger charge is 2.43. The highest BCUT2D eigenvalue weighted by atomic mass is 16.5. The van der Waals surface area contributed by atoms with E-state index in [1.807, 2.05) is 90.9 Å². The maximum atomic E-state index is 14.2. The topological polar surface area (TPSA) is 141 Å². The summed E-state index contributed by atoms with van der Waals surface area (Å²) in [5.41, 5.74) is 0.711. The summed E-state index contributed by atoms with van der Waals surface area (Å²) < 4.78 is 11.9. The van der Waals surface area contributed by atoms with Crippen molar-refractivity contribution in [1.82, 2.24) is 25.3 Å². The Morgan fingerprint density at radius 1 is 0.904 bits per heavy atom. The maximum Gasteiger partial charge on any atom is 0.245 e. The summed E-state index contributed by atoms with van der Waals surface area (Å²) in [5, 5.41) is 16.8. The minimum atomic E-state index is -0.876. The fourth-order valence-electron chi connectivity index (χ4n) is 7.78. The number of likely N-dealkylation sites (N-methyl/N-ethyl adjacent to an activating group) is 2. The number of benzene rings is 1. The molecule has 1 aliphatic heterocycles. The summed E-state index contributed by atoms with van der Waals surface area (Å²) in [7, 11) is 8.57. The number of carbonyl (C=O) groups is 4. The summed E-state index contributed by atoms with van der Waals surface area (Å²) in [4.78, 5) is 60.6. The predicted octanol–water partition coefficient (Wildman–Crippen LogP) is 3.87. The molecule has 2 rings (SSSR count). The van der Waals surface area contributed by atoms with Crippen LogP contribution in [0.5, 0.6) is 0 Å². The zero-order valence-electron chi connectivity index (χ0n) is 34.1. The average molecular weight is 732 g/mol. The minimum absolute atomic E-state index is 0.0153.